The van der Waals surface area contributed by atoms with Crippen LogP contribution in [0, 0.1) is 34.6 Å². The summed E-state index contributed by atoms with van der Waals surface area (Å²) in [7, 11) is 0. The van der Waals surface area contributed by atoms with Crippen LogP contribution in [0.25, 0.3) is 0 Å². The molecule has 0 aliphatic heterocycles. The fourth-order valence-corrected chi connectivity index (χ4v) is 3.24. The predicted octanol–water partition coefficient (Wildman–Crippen LogP) is 5.26. The van der Waals surface area contributed by atoms with Crippen molar-refractivity contribution in [2.45, 2.75) is 67.0 Å². The third-order valence-corrected chi connectivity index (χ3v) is 4.97. The highest BCUT2D eigenvalue weighted by atomic mass is 16.5. The van der Waals surface area contributed by atoms with Gasteiger partial charge < -0.3 is 10.1 Å². The van der Waals surface area contributed by atoms with Gasteiger partial charge in [0, 0.05) is 0 Å². The Morgan fingerprint density at radius 1 is 0.962 bits per heavy atom. The first kappa shape index (κ1) is 20.0. The topological polar surface area (TPSA) is 38.3 Å². The Morgan fingerprint density at radius 2 is 1.62 bits per heavy atom. The van der Waals surface area contributed by atoms with Crippen LogP contribution in [-0.2, 0) is 4.79 Å². The van der Waals surface area contributed by atoms with Crippen molar-refractivity contribution < 1.29 is 9.53 Å². The number of aryl methyl sites for hydroxylation is 5. The molecular formula is C23H31NO2. The van der Waals surface area contributed by atoms with Crippen molar-refractivity contribution in [3.8, 4) is 5.75 Å². The summed E-state index contributed by atoms with van der Waals surface area (Å²) < 4.78 is 6.01. The summed E-state index contributed by atoms with van der Waals surface area (Å²) >= 11 is 0. The standard InChI is InChI=1S/C23H31NO2/c1-8-21(26-22-10-9-14(2)11-18(22)6)23(25)24-19(7)20-13-16(4)15(3)12-17(20)5/h9-13,19,21H,8H2,1-7H3,(H,24,25)/t19-,21-/m1/s1. The van der Waals surface area contributed by atoms with Crippen molar-refractivity contribution in [1.29, 1.82) is 0 Å². The number of carbonyl (C=O) groups is 1. The van der Waals surface area contributed by atoms with Crippen molar-refractivity contribution in [3.63, 3.8) is 0 Å². The summed E-state index contributed by atoms with van der Waals surface area (Å²) in [5.74, 6) is 0.699. The van der Waals surface area contributed by atoms with Gasteiger partial charge in [-0.1, -0.05) is 36.8 Å². The fraction of sp³-hybridized carbons (Fsp3) is 0.435. The largest absolute Gasteiger partial charge is 0.480 e. The van der Waals surface area contributed by atoms with Gasteiger partial charge in [0.1, 0.15) is 5.75 Å². The molecule has 0 aliphatic carbocycles. The quantitative estimate of drug-likeness (QED) is 0.769. The zero-order valence-electron chi connectivity index (χ0n) is 17.1. The van der Waals surface area contributed by atoms with E-state index in [-0.39, 0.29) is 11.9 Å². The van der Waals surface area contributed by atoms with Crippen LogP contribution in [0.15, 0.2) is 30.3 Å². The zero-order chi connectivity index (χ0) is 19.4. The van der Waals surface area contributed by atoms with Crippen LogP contribution in [0.5, 0.6) is 5.75 Å². The first-order valence-corrected chi connectivity index (χ1v) is 9.35. The van der Waals surface area contributed by atoms with Gasteiger partial charge in [-0.25, -0.2) is 0 Å². The number of carbonyl (C=O) groups excluding carboxylic acids is 1. The molecule has 0 spiro atoms. The minimum absolute atomic E-state index is 0.0569. The van der Waals surface area contributed by atoms with E-state index in [2.05, 4.69) is 44.3 Å². The zero-order valence-corrected chi connectivity index (χ0v) is 17.1. The molecule has 2 rings (SSSR count). The lowest BCUT2D eigenvalue weighted by atomic mass is 9.96. The van der Waals surface area contributed by atoms with Crippen LogP contribution in [0.3, 0.4) is 0 Å². The maximum Gasteiger partial charge on any atom is 0.261 e. The van der Waals surface area contributed by atoms with Crippen molar-refractivity contribution in [2.75, 3.05) is 0 Å². The Morgan fingerprint density at radius 3 is 2.23 bits per heavy atom. The first-order chi connectivity index (χ1) is 12.2. The van der Waals surface area contributed by atoms with Gasteiger partial charge in [-0.2, -0.15) is 0 Å². The molecule has 2 aromatic rings. The van der Waals surface area contributed by atoms with E-state index >= 15 is 0 Å². The molecule has 0 saturated heterocycles. The molecule has 0 radical (unpaired) electrons. The van der Waals surface area contributed by atoms with Crippen LogP contribution in [0.2, 0.25) is 0 Å². The van der Waals surface area contributed by atoms with E-state index in [0.29, 0.717) is 6.42 Å². The van der Waals surface area contributed by atoms with Crippen LogP contribution >= 0.6 is 0 Å². The molecule has 1 N–H and O–H groups in total. The summed E-state index contributed by atoms with van der Waals surface area (Å²) in [4.78, 5) is 12.8. The molecule has 2 aromatic carbocycles. The molecule has 140 valence electrons. The van der Waals surface area contributed by atoms with Gasteiger partial charge in [-0.3, -0.25) is 4.79 Å². The van der Waals surface area contributed by atoms with Crippen molar-refractivity contribution in [2.24, 2.45) is 0 Å². The summed E-state index contributed by atoms with van der Waals surface area (Å²) in [6, 6.07) is 10.3. The first-order valence-electron chi connectivity index (χ1n) is 9.35. The smallest absolute Gasteiger partial charge is 0.261 e. The Hall–Kier alpha value is -2.29. The number of nitrogens with one attached hydrogen (secondary N) is 1. The molecule has 0 bridgehead atoms. The number of rotatable bonds is 6. The molecule has 3 nitrogen and oxygen atoms in total. The van der Waals surface area contributed by atoms with Gasteiger partial charge in [0.05, 0.1) is 6.04 Å². The summed E-state index contributed by atoms with van der Waals surface area (Å²) in [5, 5.41) is 3.12. The highest BCUT2D eigenvalue weighted by Gasteiger charge is 2.22. The lowest BCUT2D eigenvalue weighted by Crippen LogP contribution is -2.39. The molecule has 26 heavy (non-hydrogen) atoms. The number of hydrogen-bond donors (Lipinski definition) is 1. The molecule has 0 aromatic heterocycles. The van der Waals surface area contributed by atoms with E-state index in [1.54, 1.807) is 0 Å². The average molecular weight is 354 g/mol. The van der Waals surface area contributed by atoms with Crippen molar-refractivity contribution in [3.05, 3.63) is 63.7 Å². The average Bonchev–Trinajstić information content (AvgIpc) is 2.57. The minimum Gasteiger partial charge on any atom is -0.480 e. The Bertz CT molecular complexity index is 795. The summed E-state index contributed by atoms with van der Waals surface area (Å²) in [6.07, 6.45) is 0.128. The highest BCUT2D eigenvalue weighted by molar-refractivity contribution is 5.81. The summed E-state index contributed by atoms with van der Waals surface area (Å²) in [6.45, 7) is 14.4. The van der Waals surface area contributed by atoms with Gasteiger partial charge in [0.15, 0.2) is 6.10 Å². The Balaban J connectivity index is 2.12. The molecule has 1 amide bonds. The second-order valence-electron chi connectivity index (χ2n) is 7.31. The minimum atomic E-state index is -0.495. The van der Waals surface area contributed by atoms with Crippen LogP contribution < -0.4 is 10.1 Å². The Kier molecular flexibility index (Phi) is 6.47. The maximum absolute atomic E-state index is 12.8. The number of ether oxygens (including phenoxy) is 1. The monoisotopic (exact) mass is 353 g/mol. The second-order valence-corrected chi connectivity index (χ2v) is 7.31. The normalized spacial score (nSPS) is 13.2. The maximum atomic E-state index is 12.8. The van der Waals surface area contributed by atoms with E-state index in [1.807, 2.05) is 39.8 Å². The van der Waals surface area contributed by atoms with Gasteiger partial charge in [-0.15, -0.1) is 0 Å². The van der Waals surface area contributed by atoms with Gasteiger partial charge in [-0.05, 0) is 81.8 Å². The van der Waals surface area contributed by atoms with Crippen LogP contribution in [0.1, 0.15) is 59.7 Å². The van der Waals surface area contributed by atoms with E-state index < -0.39 is 6.10 Å². The predicted molar refractivity (Wildman–Crippen MR) is 108 cm³/mol. The third kappa shape index (κ3) is 4.66. The summed E-state index contributed by atoms with van der Waals surface area (Å²) in [5.41, 5.74) is 7.10. The van der Waals surface area contributed by atoms with Crippen molar-refractivity contribution >= 4 is 5.91 Å². The molecule has 2 atom stereocenters. The molecule has 3 heteroatoms. The number of hydrogen-bond acceptors (Lipinski definition) is 2. The molecule has 0 heterocycles. The number of benzene rings is 2. The van der Waals surface area contributed by atoms with E-state index in [9.17, 15) is 4.79 Å². The molecular weight excluding hydrogens is 322 g/mol. The molecule has 0 aliphatic rings. The lowest BCUT2D eigenvalue weighted by molar-refractivity contribution is -0.128. The SMILES string of the molecule is CC[C@@H](Oc1ccc(C)cc1C)C(=O)N[C@H](C)c1cc(C)c(C)cc1C. The van der Waals surface area contributed by atoms with Gasteiger partial charge in [0.25, 0.3) is 5.91 Å². The molecule has 0 unspecified atom stereocenters. The lowest BCUT2D eigenvalue weighted by Gasteiger charge is -2.23. The Labute approximate surface area is 157 Å². The molecule has 0 fully saturated rings. The van der Waals surface area contributed by atoms with Crippen LogP contribution in [0.4, 0.5) is 0 Å². The van der Waals surface area contributed by atoms with Crippen LogP contribution in [-0.4, -0.2) is 12.0 Å². The molecule has 0 saturated carbocycles. The van der Waals surface area contributed by atoms with Gasteiger partial charge >= 0.3 is 0 Å². The van der Waals surface area contributed by atoms with Gasteiger partial charge in [0.2, 0.25) is 0 Å². The number of amides is 1. The van der Waals surface area contributed by atoms with Crippen molar-refractivity contribution in [1.82, 2.24) is 5.32 Å². The van der Waals surface area contributed by atoms with E-state index in [1.165, 1.54) is 22.3 Å². The highest BCUT2D eigenvalue weighted by Crippen LogP contribution is 2.23. The van der Waals surface area contributed by atoms with E-state index in [4.69, 9.17) is 4.74 Å². The third-order valence-electron chi connectivity index (χ3n) is 4.97. The van der Waals surface area contributed by atoms with E-state index in [0.717, 1.165) is 16.9 Å². The second kappa shape index (κ2) is 8.39. The fourth-order valence-electron chi connectivity index (χ4n) is 3.24.